The highest BCUT2D eigenvalue weighted by atomic mass is 35.5. The molecule has 0 fully saturated rings. The minimum absolute atomic E-state index is 0.262. The van der Waals surface area contributed by atoms with Gasteiger partial charge in [-0.1, -0.05) is 48.5 Å². The Bertz CT molecular complexity index is 1490. The largest absolute Gasteiger partial charge is 0.479 e. The van der Waals surface area contributed by atoms with E-state index in [-0.39, 0.29) is 11.9 Å². The summed E-state index contributed by atoms with van der Waals surface area (Å²) in [6.07, 6.45) is 2.71. The van der Waals surface area contributed by atoms with Crippen molar-refractivity contribution in [3.63, 3.8) is 0 Å². The number of methoxy groups -OCH3 is 1. The van der Waals surface area contributed by atoms with Gasteiger partial charge in [0.2, 0.25) is 17.7 Å². The number of hydrogen-bond donors (Lipinski definition) is 3. The number of fused-ring (bicyclic) bond motifs is 1. The van der Waals surface area contributed by atoms with Gasteiger partial charge in [0.15, 0.2) is 11.6 Å². The molecule has 10 nitrogen and oxygen atoms in total. The molecule has 0 saturated heterocycles. The maximum Gasteiger partial charge on any atom is 0.247 e. The van der Waals surface area contributed by atoms with Crippen LogP contribution in [0.5, 0.6) is 5.88 Å². The van der Waals surface area contributed by atoms with Gasteiger partial charge in [0.1, 0.15) is 10.7 Å². The van der Waals surface area contributed by atoms with Crippen molar-refractivity contribution in [1.29, 1.82) is 0 Å². The molecule has 0 unspecified atom stereocenters. The van der Waals surface area contributed by atoms with E-state index < -0.39 is 0 Å². The minimum atomic E-state index is -0.361. The molecule has 3 N–H and O–H groups in total. The lowest BCUT2D eigenvalue weighted by Crippen LogP contribution is -2.30. The summed E-state index contributed by atoms with van der Waals surface area (Å²) >= 11 is 6.41. The van der Waals surface area contributed by atoms with Gasteiger partial charge in [0.25, 0.3) is 0 Å². The molecule has 2 aromatic heterocycles. The van der Waals surface area contributed by atoms with Crippen LogP contribution in [0.4, 0.5) is 34.6 Å². The molecule has 1 amide bonds. The number of ether oxygens (including phenoxy) is 1. The molecule has 11 heteroatoms. The van der Waals surface area contributed by atoms with Crippen LogP contribution in [0.3, 0.4) is 0 Å². The fraction of sp³-hybridized carbons (Fsp3) is 0.214. The Morgan fingerprint density at radius 3 is 2.51 bits per heavy atom. The molecule has 39 heavy (non-hydrogen) atoms. The highest BCUT2D eigenvalue weighted by Gasteiger charge is 2.18. The van der Waals surface area contributed by atoms with Gasteiger partial charge >= 0.3 is 0 Å². The second-order valence-electron chi connectivity index (χ2n) is 9.04. The SMILES string of the molecule is C=CC(=O)Nc1cc(Nc2ncc(Cl)c(Nc3ccc4ccccc4c3)n2)c(OC)nc1N(C)CCN(C)C. The van der Waals surface area contributed by atoms with Gasteiger partial charge in [0.05, 0.1) is 19.0 Å². The fourth-order valence-corrected chi connectivity index (χ4v) is 3.93. The van der Waals surface area contributed by atoms with Gasteiger partial charge in [-0.2, -0.15) is 9.97 Å². The number of hydrogen-bond acceptors (Lipinski definition) is 9. The number of carbonyl (C=O) groups excluding carboxylic acids is 1. The van der Waals surface area contributed by atoms with E-state index in [1.807, 2.05) is 62.4 Å². The van der Waals surface area contributed by atoms with Crippen molar-refractivity contribution in [2.45, 2.75) is 0 Å². The van der Waals surface area contributed by atoms with Crippen molar-refractivity contribution in [1.82, 2.24) is 19.9 Å². The third kappa shape index (κ3) is 6.92. The summed E-state index contributed by atoms with van der Waals surface area (Å²) in [4.78, 5) is 29.7. The molecule has 4 rings (SSSR count). The van der Waals surface area contributed by atoms with Crippen molar-refractivity contribution >= 4 is 62.9 Å². The summed E-state index contributed by atoms with van der Waals surface area (Å²) in [5, 5.41) is 11.8. The first-order valence-corrected chi connectivity index (χ1v) is 12.6. The lowest BCUT2D eigenvalue weighted by Gasteiger charge is -2.24. The summed E-state index contributed by atoms with van der Waals surface area (Å²) in [6, 6.07) is 15.8. The number of halogens is 1. The second-order valence-corrected chi connectivity index (χ2v) is 9.44. The molecule has 0 bridgehead atoms. The average Bonchev–Trinajstić information content (AvgIpc) is 2.93. The van der Waals surface area contributed by atoms with E-state index in [0.717, 1.165) is 23.0 Å². The molecule has 2 aromatic carbocycles. The Balaban J connectivity index is 1.64. The van der Waals surface area contributed by atoms with Crippen molar-refractivity contribution in [2.24, 2.45) is 0 Å². The third-order valence-corrected chi connectivity index (χ3v) is 6.13. The van der Waals surface area contributed by atoms with E-state index in [0.29, 0.717) is 40.5 Å². The van der Waals surface area contributed by atoms with Crippen LogP contribution in [0.2, 0.25) is 5.02 Å². The zero-order valence-corrected chi connectivity index (χ0v) is 23.1. The van der Waals surface area contributed by atoms with Crippen molar-refractivity contribution in [3.05, 3.63) is 72.4 Å². The Hall–Kier alpha value is -4.41. The highest BCUT2D eigenvalue weighted by molar-refractivity contribution is 6.33. The van der Waals surface area contributed by atoms with E-state index in [1.165, 1.54) is 19.4 Å². The summed E-state index contributed by atoms with van der Waals surface area (Å²) in [7, 11) is 7.40. The molecular weight excluding hydrogens is 516 g/mol. The Morgan fingerprint density at radius 1 is 1.03 bits per heavy atom. The summed E-state index contributed by atoms with van der Waals surface area (Å²) in [5.74, 6) is 1.18. The first-order valence-electron chi connectivity index (χ1n) is 12.2. The number of nitrogens with one attached hydrogen (secondary N) is 3. The van der Waals surface area contributed by atoms with E-state index in [2.05, 4.69) is 48.4 Å². The predicted molar refractivity (Wildman–Crippen MR) is 159 cm³/mol. The molecule has 202 valence electrons. The molecule has 0 spiro atoms. The molecule has 0 radical (unpaired) electrons. The van der Waals surface area contributed by atoms with E-state index in [1.54, 1.807) is 6.07 Å². The zero-order valence-electron chi connectivity index (χ0n) is 22.3. The molecule has 0 saturated carbocycles. The van der Waals surface area contributed by atoms with Gasteiger partial charge in [0, 0.05) is 25.8 Å². The molecular formula is C28H31ClN8O2. The topological polar surface area (TPSA) is 108 Å². The summed E-state index contributed by atoms with van der Waals surface area (Å²) in [5.41, 5.74) is 1.77. The van der Waals surface area contributed by atoms with Crippen LogP contribution in [0.25, 0.3) is 10.8 Å². The molecule has 0 atom stereocenters. The van der Waals surface area contributed by atoms with E-state index in [4.69, 9.17) is 16.3 Å². The van der Waals surface area contributed by atoms with Gasteiger partial charge in [-0.15, -0.1) is 0 Å². The standard InChI is InChI=1S/C28H31ClN8O2/c1-6-24(38)32-22-16-23(27(39-5)35-26(22)37(4)14-13-36(2)3)33-28-30-17-21(29)25(34-28)31-20-12-11-18-9-7-8-10-19(18)15-20/h6-12,15-17H,1,13-14H2,2-5H3,(H,32,38)(H2,30,31,33,34). The smallest absolute Gasteiger partial charge is 0.247 e. The Kier molecular flexibility index (Phi) is 8.80. The molecule has 0 aliphatic carbocycles. The van der Waals surface area contributed by atoms with Crippen molar-refractivity contribution < 1.29 is 9.53 Å². The molecule has 0 aliphatic rings. The number of rotatable bonds is 11. The number of aromatic nitrogens is 3. The van der Waals surface area contributed by atoms with E-state index in [9.17, 15) is 4.79 Å². The number of amides is 1. The molecule has 4 aromatic rings. The lowest BCUT2D eigenvalue weighted by atomic mass is 10.1. The third-order valence-electron chi connectivity index (χ3n) is 5.85. The molecule has 0 aliphatic heterocycles. The monoisotopic (exact) mass is 546 g/mol. The minimum Gasteiger partial charge on any atom is -0.479 e. The van der Waals surface area contributed by atoms with Crippen LogP contribution in [0.15, 0.2) is 67.4 Å². The van der Waals surface area contributed by atoms with Crippen molar-refractivity contribution in [2.75, 3.05) is 62.2 Å². The second kappa shape index (κ2) is 12.4. The number of nitrogens with zero attached hydrogens (tertiary/aromatic N) is 5. The van der Waals surface area contributed by atoms with Crippen LogP contribution in [0, 0.1) is 0 Å². The maximum atomic E-state index is 12.2. The quantitative estimate of drug-likeness (QED) is 0.216. The summed E-state index contributed by atoms with van der Waals surface area (Å²) < 4.78 is 5.57. The number of carbonyl (C=O) groups is 1. The number of anilines is 6. The zero-order chi connectivity index (χ0) is 27.9. The normalized spacial score (nSPS) is 10.8. The first kappa shape index (κ1) is 27.6. The van der Waals surface area contributed by atoms with Crippen LogP contribution in [-0.4, -0.2) is 67.1 Å². The number of benzene rings is 2. The van der Waals surface area contributed by atoms with Gasteiger partial charge in [-0.05, 0) is 49.1 Å². The van der Waals surface area contributed by atoms with Crippen LogP contribution in [0.1, 0.15) is 0 Å². The number of pyridine rings is 1. The predicted octanol–water partition coefficient (Wildman–Crippen LogP) is 5.30. The van der Waals surface area contributed by atoms with Crippen LogP contribution in [-0.2, 0) is 4.79 Å². The lowest BCUT2D eigenvalue weighted by molar-refractivity contribution is -0.111. The van der Waals surface area contributed by atoms with Crippen molar-refractivity contribution in [3.8, 4) is 5.88 Å². The van der Waals surface area contributed by atoms with E-state index >= 15 is 0 Å². The Labute approximate surface area is 232 Å². The highest BCUT2D eigenvalue weighted by Crippen LogP contribution is 2.35. The van der Waals surface area contributed by atoms with Gasteiger partial charge in [-0.3, -0.25) is 4.79 Å². The van der Waals surface area contributed by atoms with Crippen LogP contribution < -0.4 is 25.6 Å². The molecule has 2 heterocycles. The average molecular weight is 547 g/mol. The number of likely N-dealkylation sites (N-methyl/N-ethyl adjacent to an activating group) is 2. The first-order chi connectivity index (χ1) is 18.8. The van der Waals surface area contributed by atoms with Gasteiger partial charge in [-0.25, -0.2) is 4.98 Å². The Morgan fingerprint density at radius 2 is 1.79 bits per heavy atom. The van der Waals surface area contributed by atoms with Gasteiger partial charge < -0.3 is 30.5 Å². The maximum absolute atomic E-state index is 12.2. The summed E-state index contributed by atoms with van der Waals surface area (Å²) in [6.45, 7) is 5.02. The van der Waals surface area contributed by atoms with Crippen LogP contribution >= 0.6 is 11.6 Å². The fourth-order valence-electron chi connectivity index (χ4n) is 3.79.